The van der Waals surface area contributed by atoms with Gasteiger partial charge in [0, 0.05) is 24.5 Å². The summed E-state index contributed by atoms with van der Waals surface area (Å²) in [5.74, 6) is 0.460. The van der Waals surface area contributed by atoms with Crippen LogP contribution in [0.5, 0.6) is 0 Å². The van der Waals surface area contributed by atoms with Crippen LogP contribution in [0, 0.1) is 13.8 Å². The van der Waals surface area contributed by atoms with E-state index in [0.717, 1.165) is 28.1 Å². The summed E-state index contributed by atoms with van der Waals surface area (Å²) in [7, 11) is 0. The number of ketones is 1. The lowest BCUT2D eigenvalue weighted by atomic mass is 10.0. The van der Waals surface area contributed by atoms with Crippen molar-refractivity contribution in [3.8, 4) is 5.69 Å². The Morgan fingerprint density at radius 3 is 2.80 bits per heavy atom. The number of nitrogens with two attached hydrogens (primary N) is 1. The van der Waals surface area contributed by atoms with E-state index in [1.54, 1.807) is 21.8 Å². The number of rotatable bonds is 7. The third kappa shape index (κ3) is 4.27. The predicted molar refractivity (Wildman–Crippen MR) is 113 cm³/mol. The molecule has 4 aromatic rings. The summed E-state index contributed by atoms with van der Waals surface area (Å²) in [6.45, 7) is 4.42. The van der Waals surface area contributed by atoms with Crippen molar-refractivity contribution in [2.45, 2.75) is 33.2 Å². The summed E-state index contributed by atoms with van der Waals surface area (Å²) < 4.78 is 3.48. The van der Waals surface area contributed by atoms with E-state index in [1.807, 2.05) is 56.4 Å². The molecule has 3 heterocycles. The second-order valence-corrected chi connectivity index (χ2v) is 7.27. The van der Waals surface area contributed by atoms with Gasteiger partial charge >= 0.3 is 0 Å². The van der Waals surface area contributed by atoms with E-state index < -0.39 is 0 Å². The van der Waals surface area contributed by atoms with Gasteiger partial charge in [-0.3, -0.25) is 4.79 Å². The number of aromatic nitrogens is 6. The predicted octanol–water partition coefficient (Wildman–Crippen LogP) is 2.92. The van der Waals surface area contributed by atoms with Gasteiger partial charge in [0.15, 0.2) is 5.78 Å². The zero-order valence-corrected chi connectivity index (χ0v) is 17.0. The highest BCUT2D eigenvalue weighted by Gasteiger charge is 2.14. The van der Waals surface area contributed by atoms with Crippen LogP contribution in [0.1, 0.15) is 39.3 Å². The Morgan fingerprint density at radius 2 is 2.03 bits per heavy atom. The van der Waals surface area contributed by atoms with Crippen LogP contribution in [0.2, 0.25) is 0 Å². The molecule has 4 rings (SSSR count). The summed E-state index contributed by atoms with van der Waals surface area (Å²) in [5.41, 5.74) is 11.1. The fourth-order valence-corrected chi connectivity index (χ4v) is 3.54. The maximum absolute atomic E-state index is 12.6. The molecular formula is C22H23N7O. The average Bonchev–Trinajstić information content (AvgIpc) is 3.39. The molecule has 0 bridgehead atoms. The number of carbonyl (C=O) groups is 1. The number of hydrogen-bond donors (Lipinski definition) is 1. The average molecular weight is 401 g/mol. The van der Waals surface area contributed by atoms with Gasteiger partial charge in [0.1, 0.15) is 11.5 Å². The Morgan fingerprint density at radius 1 is 1.17 bits per heavy atom. The van der Waals surface area contributed by atoms with Crippen molar-refractivity contribution >= 4 is 11.6 Å². The molecule has 0 spiro atoms. The van der Waals surface area contributed by atoms with Gasteiger partial charge in [-0.25, -0.2) is 14.3 Å². The minimum atomic E-state index is -0.0397. The Balaban J connectivity index is 1.42. The molecule has 2 N–H and O–H groups in total. The van der Waals surface area contributed by atoms with Crippen molar-refractivity contribution in [3.63, 3.8) is 0 Å². The number of nitrogen functional groups attached to an aromatic ring is 1. The quantitative estimate of drug-likeness (QED) is 0.478. The molecule has 1 aromatic carbocycles. The molecule has 8 nitrogen and oxygen atoms in total. The molecule has 0 fully saturated rings. The van der Waals surface area contributed by atoms with Crippen LogP contribution in [0.4, 0.5) is 5.82 Å². The van der Waals surface area contributed by atoms with Crippen LogP contribution in [-0.2, 0) is 13.0 Å². The smallest absolute Gasteiger partial charge is 0.185 e. The first-order valence-electron chi connectivity index (χ1n) is 9.74. The van der Waals surface area contributed by atoms with Gasteiger partial charge in [-0.1, -0.05) is 17.3 Å². The fraction of sp³-hybridized carbons (Fsp3) is 0.227. The molecule has 0 aliphatic rings. The van der Waals surface area contributed by atoms with Crippen molar-refractivity contribution in [3.05, 3.63) is 83.1 Å². The monoisotopic (exact) mass is 401 g/mol. The number of anilines is 1. The van der Waals surface area contributed by atoms with Crippen molar-refractivity contribution in [1.82, 2.24) is 29.8 Å². The van der Waals surface area contributed by atoms with Gasteiger partial charge in [-0.2, -0.15) is 5.10 Å². The summed E-state index contributed by atoms with van der Waals surface area (Å²) in [6.07, 6.45) is 6.28. The molecule has 0 atom stereocenters. The van der Waals surface area contributed by atoms with Crippen LogP contribution in [0.15, 0.2) is 55.0 Å². The van der Waals surface area contributed by atoms with E-state index >= 15 is 0 Å². The summed E-state index contributed by atoms with van der Waals surface area (Å²) in [4.78, 5) is 16.9. The van der Waals surface area contributed by atoms with Crippen LogP contribution in [0.25, 0.3) is 5.69 Å². The molecule has 3 aromatic heterocycles. The highest BCUT2D eigenvalue weighted by atomic mass is 16.1. The third-order valence-corrected chi connectivity index (χ3v) is 5.02. The van der Waals surface area contributed by atoms with E-state index in [9.17, 15) is 4.79 Å². The second-order valence-electron chi connectivity index (χ2n) is 7.27. The molecule has 0 saturated heterocycles. The lowest BCUT2D eigenvalue weighted by molar-refractivity contribution is 0.0978. The third-order valence-electron chi connectivity index (χ3n) is 5.02. The van der Waals surface area contributed by atoms with E-state index in [4.69, 9.17) is 5.73 Å². The van der Waals surface area contributed by atoms with E-state index in [1.165, 1.54) is 0 Å². The van der Waals surface area contributed by atoms with E-state index in [0.29, 0.717) is 30.9 Å². The van der Waals surface area contributed by atoms with Gasteiger partial charge in [0.05, 0.1) is 18.4 Å². The highest BCUT2D eigenvalue weighted by molar-refractivity contribution is 5.94. The van der Waals surface area contributed by atoms with Crippen LogP contribution >= 0.6 is 0 Å². The van der Waals surface area contributed by atoms with Gasteiger partial charge in [-0.05, 0) is 61.2 Å². The van der Waals surface area contributed by atoms with Crippen LogP contribution < -0.4 is 5.73 Å². The normalized spacial score (nSPS) is 11.0. The van der Waals surface area contributed by atoms with E-state index in [2.05, 4.69) is 20.4 Å². The Hall–Kier alpha value is -3.81. The molecule has 0 aliphatic heterocycles. The standard InChI is InChI=1S/C22H23N7O/c1-15-11-22(23)25-16(2)19(15)7-8-21(30)20-14-28(27-26-20)13-17-5-3-6-18(12-17)29-10-4-9-24-29/h3-6,9-12,14H,7-8,13H2,1-2H3,(H2,23,25). The summed E-state index contributed by atoms with van der Waals surface area (Å²) >= 11 is 0. The Bertz CT molecular complexity index is 1150. The second kappa shape index (κ2) is 8.28. The van der Waals surface area contributed by atoms with Gasteiger partial charge in [0.25, 0.3) is 0 Å². The van der Waals surface area contributed by atoms with E-state index in [-0.39, 0.29) is 5.78 Å². The minimum Gasteiger partial charge on any atom is -0.384 e. The number of Topliss-reactive ketones (excluding diaryl/α,β-unsaturated/α-hetero) is 1. The van der Waals surface area contributed by atoms with Crippen LogP contribution in [-0.4, -0.2) is 35.5 Å². The Kier molecular flexibility index (Phi) is 5.38. The number of aryl methyl sites for hydroxylation is 2. The maximum atomic E-state index is 12.6. The van der Waals surface area contributed by atoms with Gasteiger partial charge in [0.2, 0.25) is 0 Å². The zero-order valence-electron chi connectivity index (χ0n) is 17.0. The van der Waals surface area contributed by atoms with Crippen LogP contribution in [0.3, 0.4) is 0 Å². The SMILES string of the molecule is Cc1cc(N)nc(C)c1CCC(=O)c1cn(Cc2cccc(-n3cccn3)c2)nn1. The topological polar surface area (TPSA) is 105 Å². The molecule has 0 aliphatic carbocycles. The summed E-state index contributed by atoms with van der Waals surface area (Å²) in [6, 6.07) is 11.7. The van der Waals surface area contributed by atoms with Crippen molar-refractivity contribution in [2.24, 2.45) is 0 Å². The first-order valence-corrected chi connectivity index (χ1v) is 9.74. The van der Waals surface area contributed by atoms with Gasteiger partial charge < -0.3 is 5.73 Å². The maximum Gasteiger partial charge on any atom is 0.185 e. The molecule has 152 valence electrons. The molecule has 0 saturated carbocycles. The van der Waals surface area contributed by atoms with Crippen molar-refractivity contribution in [1.29, 1.82) is 0 Å². The molecule has 0 unspecified atom stereocenters. The first kappa shape index (κ1) is 19.5. The molecule has 8 heteroatoms. The van der Waals surface area contributed by atoms with Gasteiger partial charge in [-0.15, -0.1) is 5.10 Å². The largest absolute Gasteiger partial charge is 0.384 e. The number of nitrogens with zero attached hydrogens (tertiary/aromatic N) is 6. The molecule has 0 amide bonds. The zero-order chi connectivity index (χ0) is 21.1. The lowest BCUT2D eigenvalue weighted by Gasteiger charge is -2.09. The number of benzene rings is 1. The van der Waals surface area contributed by atoms with Crippen molar-refractivity contribution < 1.29 is 4.79 Å². The lowest BCUT2D eigenvalue weighted by Crippen LogP contribution is -2.06. The minimum absolute atomic E-state index is 0.0397. The highest BCUT2D eigenvalue weighted by Crippen LogP contribution is 2.17. The summed E-state index contributed by atoms with van der Waals surface area (Å²) in [5, 5.41) is 12.4. The van der Waals surface area contributed by atoms with Crippen molar-refractivity contribution in [2.75, 3.05) is 5.73 Å². The fourth-order valence-electron chi connectivity index (χ4n) is 3.54. The molecule has 30 heavy (non-hydrogen) atoms. The molecule has 0 radical (unpaired) electrons. The first-order chi connectivity index (χ1) is 14.5. The number of carbonyl (C=O) groups excluding carboxylic acids is 1. The Labute approximate surface area is 174 Å². The number of hydrogen-bond acceptors (Lipinski definition) is 6. The number of pyridine rings is 1. The molecular weight excluding hydrogens is 378 g/mol.